The van der Waals surface area contributed by atoms with Crippen molar-refractivity contribution in [2.24, 2.45) is 10.2 Å². The summed E-state index contributed by atoms with van der Waals surface area (Å²) in [5.74, 6) is 1.74. The third-order valence-electron chi connectivity index (χ3n) is 4.26. The number of anilines is 1. The maximum atomic E-state index is 5.89. The lowest BCUT2D eigenvalue weighted by Gasteiger charge is -2.30. The Morgan fingerprint density at radius 2 is 1.65 bits per heavy atom. The predicted octanol–water partition coefficient (Wildman–Crippen LogP) is 5.47. The summed E-state index contributed by atoms with van der Waals surface area (Å²) in [5, 5.41) is 8.62. The summed E-state index contributed by atoms with van der Waals surface area (Å²) >= 11 is 0. The van der Waals surface area contributed by atoms with Crippen molar-refractivity contribution in [1.29, 1.82) is 0 Å². The van der Waals surface area contributed by atoms with Crippen LogP contribution in [0.25, 0.3) is 0 Å². The molecule has 0 aliphatic carbocycles. The highest BCUT2D eigenvalue weighted by Gasteiger charge is 2.18. The molecule has 4 rings (SSSR count). The average molecular weight is 345 g/mol. The summed E-state index contributed by atoms with van der Waals surface area (Å²) in [7, 11) is 1.67. The first-order valence-corrected chi connectivity index (χ1v) is 8.43. The van der Waals surface area contributed by atoms with Crippen LogP contribution in [0.1, 0.15) is 5.56 Å². The van der Waals surface area contributed by atoms with Crippen molar-refractivity contribution in [3.63, 3.8) is 0 Å². The van der Waals surface area contributed by atoms with Gasteiger partial charge in [0.2, 0.25) is 0 Å². The molecular weight excluding hydrogens is 326 g/mol. The quantitative estimate of drug-likeness (QED) is 0.589. The van der Waals surface area contributed by atoms with Crippen LogP contribution in [0.4, 0.5) is 17.1 Å². The molecule has 0 saturated heterocycles. The lowest BCUT2D eigenvalue weighted by atomic mass is 10.1. The van der Waals surface area contributed by atoms with Crippen molar-refractivity contribution in [3.05, 3.63) is 78.4 Å². The molecule has 3 aromatic carbocycles. The Labute approximate surface area is 152 Å². The number of benzene rings is 3. The second-order valence-electron chi connectivity index (χ2n) is 6.00. The van der Waals surface area contributed by atoms with E-state index < -0.39 is 0 Å². The summed E-state index contributed by atoms with van der Waals surface area (Å²) in [6.07, 6.45) is 0. The molecule has 0 N–H and O–H groups in total. The van der Waals surface area contributed by atoms with Crippen LogP contribution < -0.4 is 14.4 Å². The molecule has 1 aliphatic rings. The topological polar surface area (TPSA) is 46.4 Å². The largest absolute Gasteiger partial charge is 0.497 e. The predicted molar refractivity (Wildman–Crippen MR) is 102 cm³/mol. The summed E-state index contributed by atoms with van der Waals surface area (Å²) in [4.78, 5) is 2.17. The van der Waals surface area contributed by atoms with Gasteiger partial charge in [-0.05, 0) is 54.6 Å². The monoisotopic (exact) mass is 345 g/mol. The van der Waals surface area contributed by atoms with Gasteiger partial charge in [0.05, 0.1) is 18.5 Å². The van der Waals surface area contributed by atoms with E-state index in [4.69, 9.17) is 9.47 Å². The zero-order valence-electron chi connectivity index (χ0n) is 14.5. The molecule has 0 aromatic heterocycles. The smallest absolute Gasteiger partial charge is 0.161 e. The van der Waals surface area contributed by atoms with E-state index in [0.29, 0.717) is 6.73 Å². The van der Waals surface area contributed by atoms with Crippen molar-refractivity contribution < 1.29 is 9.47 Å². The number of ether oxygens (including phenoxy) is 2. The van der Waals surface area contributed by atoms with Crippen molar-refractivity contribution in [2.75, 3.05) is 18.7 Å². The Morgan fingerprint density at radius 3 is 2.42 bits per heavy atom. The number of rotatable bonds is 4. The van der Waals surface area contributed by atoms with E-state index in [9.17, 15) is 0 Å². The van der Waals surface area contributed by atoms with Crippen molar-refractivity contribution in [1.82, 2.24) is 0 Å². The molecule has 0 saturated carbocycles. The number of hydrogen-bond donors (Lipinski definition) is 0. The van der Waals surface area contributed by atoms with Crippen LogP contribution in [0.5, 0.6) is 11.5 Å². The standard InChI is InChI=1S/C21H19N3O2/c1-25-20-10-8-19(9-11-20)24-14-16-13-18(7-12-21(16)26-15-24)23-22-17-5-3-2-4-6-17/h2-13H,14-15H2,1H3. The fourth-order valence-electron chi connectivity index (χ4n) is 2.86. The van der Waals surface area contributed by atoms with Gasteiger partial charge in [-0.25, -0.2) is 0 Å². The van der Waals surface area contributed by atoms with Gasteiger partial charge in [0.25, 0.3) is 0 Å². The summed E-state index contributed by atoms with van der Waals surface area (Å²) in [5.41, 5.74) is 3.83. The van der Waals surface area contributed by atoms with E-state index in [-0.39, 0.29) is 0 Å². The molecule has 0 unspecified atom stereocenters. The molecule has 0 fully saturated rings. The van der Waals surface area contributed by atoms with Gasteiger partial charge in [-0.15, -0.1) is 0 Å². The van der Waals surface area contributed by atoms with Crippen LogP contribution in [0.2, 0.25) is 0 Å². The SMILES string of the molecule is COc1ccc(N2COc3ccc(N=Nc4ccccc4)cc3C2)cc1. The molecule has 3 aromatic rings. The highest BCUT2D eigenvalue weighted by Crippen LogP contribution is 2.32. The Hall–Kier alpha value is -3.34. The Balaban J connectivity index is 1.53. The van der Waals surface area contributed by atoms with Crippen molar-refractivity contribution in [2.45, 2.75) is 6.54 Å². The maximum absolute atomic E-state index is 5.89. The fourth-order valence-corrected chi connectivity index (χ4v) is 2.86. The number of methoxy groups -OCH3 is 1. The van der Waals surface area contributed by atoms with Gasteiger partial charge in [0.15, 0.2) is 6.73 Å². The first-order chi connectivity index (χ1) is 12.8. The van der Waals surface area contributed by atoms with Gasteiger partial charge in [-0.3, -0.25) is 0 Å². The first kappa shape index (κ1) is 16.1. The van der Waals surface area contributed by atoms with Gasteiger partial charge in [-0.1, -0.05) is 18.2 Å². The van der Waals surface area contributed by atoms with Gasteiger partial charge in [0.1, 0.15) is 11.5 Å². The lowest BCUT2D eigenvalue weighted by Crippen LogP contribution is -2.31. The van der Waals surface area contributed by atoms with E-state index in [1.54, 1.807) is 7.11 Å². The Morgan fingerprint density at radius 1 is 0.885 bits per heavy atom. The molecule has 0 bridgehead atoms. The minimum Gasteiger partial charge on any atom is -0.497 e. The second-order valence-corrected chi connectivity index (χ2v) is 6.00. The minimum atomic E-state index is 0.518. The third-order valence-corrected chi connectivity index (χ3v) is 4.26. The van der Waals surface area contributed by atoms with E-state index in [0.717, 1.165) is 40.7 Å². The summed E-state index contributed by atoms with van der Waals surface area (Å²) in [6, 6.07) is 23.6. The molecule has 0 spiro atoms. The van der Waals surface area contributed by atoms with Gasteiger partial charge in [-0.2, -0.15) is 10.2 Å². The molecule has 1 heterocycles. The van der Waals surface area contributed by atoms with Gasteiger partial charge >= 0.3 is 0 Å². The highest BCUT2D eigenvalue weighted by molar-refractivity contribution is 5.54. The van der Waals surface area contributed by atoms with Crippen molar-refractivity contribution >= 4 is 17.1 Å². The van der Waals surface area contributed by atoms with Crippen LogP contribution in [-0.2, 0) is 6.54 Å². The third kappa shape index (κ3) is 3.52. The number of hydrogen-bond acceptors (Lipinski definition) is 5. The summed E-state index contributed by atoms with van der Waals surface area (Å²) < 4.78 is 11.1. The fraction of sp³-hybridized carbons (Fsp3) is 0.143. The minimum absolute atomic E-state index is 0.518. The maximum Gasteiger partial charge on any atom is 0.161 e. The van der Waals surface area contributed by atoms with Gasteiger partial charge < -0.3 is 14.4 Å². The summed E-state index contributed by atoms with van der Waals surface area (Å²) in [6.45, 7) is 1.28. The Bertz CT molecular complexity index is 908. The Kier molecular flexibility index (Phi) is 4.51. The molecule has 0 atom stereocenters. The zero-order valence-corrected chi connectivity index (χ0v) is 14.5. The molecule has 1 aliphatic heterocycles. The molecule has 5 nitrogen and oxygen atoms in total. The van der Waals surface area contributed by atoms with E-state index >= 15 is 0 Å². The molecule has 0 amide bonds. The molecule has 130 valence electrons. The second kappa shape index (κ2) is 7.27. The zero-order chi connectivity index (χ0) is 17.8. The van der Waals surface area contributed by atoms with E-state index in [2.05, 4.69) is 15.1 Å². The van der Waals surface area contributed by atoms with Crippen LogP contribution >= 0.6 is 0 Å². The van der Waals surface area contributed by atoms with Crippen LogP contribution in [0.15, 0.2) is 83.0 Å². The van der Waals surface area contributed by atoms with Crippen LogP contribution in [0, 0.1) is 0 Å². The van der Waals surface area contributed by atoms with Gasteiger partial charge in [0, 0.05) is 17.8 Å². The molecule has 26 heavy (non-hydrogen) atoms. The van der Waals surface area contributed by atoms with Crippen molar-refractivity contribution in [3.8, 4) is 11.5 Å². The lowest BCUT2D eigenvalue weighted by molar-refractivity contribution is 0.289. The number of fused-ring (bicyclic) bond motifs is 1. The average Bonchev–Trinajstić information content (AvgIpc) is 2.72. The number of nitrogens with zero attached hydrogens (tertiary/aromatic N) is 3. The molecule has 0 radical (unpaired) electrons. The van der Waals surface area contributed by atoms with Crippen LogP contribution in [0.3, 0.4) is 0 Å². The van der Waals surface area contributed by atoms with E-state index in [1.807, 2.05) is 72.8 Å². The van der Waals surface area contributed by atoms with E-state index in [1.165, 1.54) is 0 Å². The normalized spacial score (nSPS) is 13.3. The highest BCUT2D eigenvalue weighted by atomic mass is 16.5. The molecule has 5 heteroatoms. The molecular formula is C21H19N3O2. The van der Waals surface area contributed by atoms with Crippen LogP contribution in [-0.4, -0.2) is 13.8 Å². The number of azo groups is 1. The first-order valence-electron chi connectivity index (χ1n) is 8.43.